The first-order chi connectivity index (χ1) is 5.11. The molecular weight excluding hydrogens is 148 g/mol. The lowest BCUT2D eigenvalue weighted by molar-refractivity contribution is -0.140. The summed E-state index contributed by atoms with van der Waals surface area (Å²) < 4.78 is 8.85. The molecule has 64 valence electrons. The van der Waals surface area contributed by atoms with Gasteiger partial charge in [0.15, 0.2) is 5.90 Å². The van der Waals surface area contributed by atoms with Crippen LogP contribution in [0.1, 0.15) is 6.42 Å². The molecule has 0 aliphatic carbocycles. The molecule has 0 bridgehead atoms. The zero-order valence-corrected chi connectivity index (χ0v) is 6.59. The summed E-state index contributed by atoms with van der Waals surface area (Å²) in [4.78, 5) is 10.6. The van der Waals surface area contributed by atoms with Gasteiger partial charge in [0.05, 0.1) is 26.7 Å². The Kier molecular flexibility index (Phi) is 4.21. The molecule has 0 heterocycles. The van der Waals surface area contributed by atoms with Crippen LogP contribution in [-0.2, 0) is 14.3 Å². The summed E-state index contributed by atoms with van der Waals surface area (Å²) in [5.41, 5.74) is 5.35. The zero-order valence-electron chi connectivity index (χ0n) is 6.59. The van der Waals surface area contributed by atoms with Crippen molar-refractivity contribution in [1.29, 1.82) is 5.41 Å². The molecule has 1 unspecified atom stereocenters. The summed E-state index contributed by atoms with van der Waals surface area (Å²) in [6.07, 6.45) is -0.0246. The Morgan fingerprint density at radius 2 is 2.09 bits per heavy atom. The molecule has 0 saturated carbocycles. The first-order valence-corrected chi connectivity index (χ1v) is 3.06. The van der Waals surface area contributed by atoms with Crippen molar-refractivity contribution >= 4 is 11.9 Å². The number of esters is 1. The van der Waals surface area contributed by atoms with Gasteiger partial charge in [-0.05, 0) is 0 Å². The highest BCUT2D eigenvalue weighted by molar-refractivity contribution is 5.84. The van der Waals surface area contributed by atoms with Crippen molar-refractivity contribution in [3.8, 4) is 0 Å². The predicted octanol–water partition coefficient (Wildman–Crippen LogP) is -0.500. The monoisotopic (exact) mass is 160 g/mol. The van der Waals surface area contributed by atoms with Crippen LogP contribution in [0.15, 0.2) is 0 Å². The Bertz CT molecular complexity index is 158. The van der Waals surface area contributed by atoms with Crippen LogP contribution in [0.5, 0.6) is 0 Å². The van der Waals surface area contributed by atoms with Crippen molar-refractivity contribution in [2.24, 2.45) is 5.73 Å². The number of ether oxygens (including phenoxy) is 2. The maximum Gasteiger partial charge on any atom is 0.307 e. The molecule has 3 N–H and O–H groups in total. The van der Waals surface area contributed by atoms with Crippen LogP contribution in [0.25, 0.3) is 0 Å². The van der Waals surface area contributed by atoms with Crippen LogP contribution in [0.3, 0.4) is 0 Å². The Hall–Kier alpha value is -1.10. The number of rotatable bonds is 3. The molecule has 11 heavy (non-hydrogen) atoms. The molecule has 1 atom stereocenters. The Morgan fingerprint density at radius 3 is 2.45 bits per heavy atom. The first kappa shape index (κ1) is 9.90. The average molecular weight is 160 g/mol. The minimum atomic E-state index is -0.701. The molecule has 0 aromatic rings. The summed E-state index contributed by atoms with van der Waals surface area (Å²) >= 11 is 0. The standard InChI is InChI=1S/C6H12N2O3/c1-10-5(9)3-4(7)6(8)11-2/h4,8H,3,7H2,1-2H3. The fourth-order valence-electron chi connectivity index (χ4n) is 0.507. The molecule has 5 heteroatoms. The lowest BCUT2D eigenvalue weighted by Gasteiger charge is -2.09. The largest absolute Gasteiger partial charge is 0.483 e. The van der Waals surface area contributed by atoms with Gasteiger partial charge in [-0.25, -0.2) is 0 Å². The third-order valence-electron chi connectivity index (χ3n) is 1.17. The molecule has 0 saturated heterocycles. The van der Waals surface area contributed by atoms with E-state index in [2.05, 4.69) is 9.47 Å². The molecule has 0 aliphatic rings. The van der Waals surface area contributed by atoms with Gasteiger partial charge < -0.3 is 15.2 Å². The molecule has 5 nitrogen and oxygen atoms in total. The van der Waals surface area contributed by atoms with Crippen LogP contribution in [-0.4, -0.2) is 32.1 Å². The van der Waals surface area contributed by atoms with Crippen LogP contribution in [0.2, 0.25) is 0 Å². The van der Waals surface area contributed by atoms with Crippen molar-refractivity contribution in [2.45, 2.75) is 12.5 Å². The van der Waals surface area contributed by atoms with Crippen molar-refractivity contribution in [3.63, 3.8) is 0 Å². The summed E-state index contributed by atoms with van der Waals surface area (Å²) in [7, 11) is 2.60. The third kappa shape index (κ3) is 3.57. The summed E-state index contributed by atoms with van der Waals surface area (Å²) in [6, 6.07) is -0.701. The molecule has 0 radical (unpaired) electrons. The Balaban J connectivity index is 3.77. The number of carbonyl (C=O) groups is 1. The smallest absolute Gasteiger partial charge is 0.307 e. The highest BCUT2D eigenvalue weighted by atomic mass is 16.5. The van der Waals surface area contributed by atoms with Crippen LogP contribution in [0, 0.1) is 5.41 Å². The molecule has 0 rings (SSSR count). The van der Waals surface area contributed by atoms with Gasteiger partial charge in [-0.3, -0.25) is 10.2 Å². The molecule has 0 spiro atoms. The van der Waals surface area contributed by atoms with E-state index in [0.717, 1.165) is 0 Å². The van der Waals surface area contributed by atoms with Crippen LogP contribution in [0.4, 0.5) is 0 Å². The quantitative estimate of drug-likeness (QED) is 0.331. The Labute approximate surface area is 65.0 Å². The summed E-state index contributed by atoms with van der Waals surface area (Å²) in [6.45, 7) is 0. The van der Waals surface area contributed by atoms with Crippen molar-refractivity contribution in [2.75, 3.05) is 14.2 Å². The summed E-state index contributed by atoms with van der Waals surface area (Å²) in [5.74, 6) is -0.560. The normalized spacial score (nSPS) is 11.9. The maximum atomic E-state index is 10.6. The molecule has 0 aromatic heterocycles. The van der Waals surface area contributed by atoms with Gasteiger partial charge in [0.1, 0.15) is 0 Å². The van der Waals surface area contributed by atoms with Crippen molar-refractivity contribution < 1.29 is 14.3 Å². The lowest BCUT2D eigenvalue weighted by Crippen LogP contribution is -2.33. The number of nitrogens with one attached hydrogen (secondary N) is 1. The maximum absolute atomic E-state index is 10.6. The number of hydrogen-bond acceptors (Lipinski definition) is 5. The van der Waals surface area contributed by atoms with E-state index in [1.807, 2.05) is 0 Å². The second-order valence-electron chi connectivity index (χ2n) is 1.96. The van der Waals surface area contributed by atoms with E-state index in [0.29, 0.717) is 0 Å². The minimum absolute atomic E-state index is 0.0246. The SMILES string of the molecule is COC(=N)C(N)CC(=O)OC. The molecule has 0 aromatic carbocycles. The van der Waals surface area contributed by atoms with Gasteiger partial charge in [-0.1, -0.05) is 0 Å². The van der Waals surface area contributed by atoms with E-state index in [1.165, 1.54) is 14.2 Å². The lowest BCUT2D eigenvalue weighted by atomic mass is 10.2. The highest BCUT2D eigenvalue weighted by Crippen LogP contribution is 1.93. The van der Waals surface area contributed by atoms with E-state index in [4.69, 9.17) is 11.1 Å². The van der Waals surface area contributed by atoms with Gasteiger partial charge in [0, 0.05) is 0 Å². The van der Waals surface area contributed by atoms with Gasteiger partial charge >= 0.3 is 5.97 Å². The van der Waals surface area contributed by atoms with Gasteiger partial charge in [0.2, 0.25) is 0 Å². The number of methoxy groups -OCH3 is 2. The summed E-state index contributed by atoms with van der Waals surface area (Å²) in [5, 5.41) is 7.06. The average Bonchev–Trinajstić information content (AvgIpc) is 2.02. The highest BCUT2D eigenvalue weighted by Gasteiger charge is 2.14. The van der Waals surface area contributed by atoms with Crippen LogP contribution >= 0.6 is 0 Å². The topological polar surface area (TPSA) is 85.4 Å². The van der Waals surface area contributed by atoms with E-state index in [-0.39, 0.29) is 12.3 Å². The van der Waals surface area contributed by atoms with Crippen LogP contribution < -0.4 is 5.73 Å². The van der Waals surface area contributed by atoms with Gasteiger partial charge in [0.25, 0.3) is 0 Å². The van der Waals surface area contributed by atoms with E-state index >= 15 is 0 Å². The van der Waals surface area contributed by atoms with Gasteiger partial charge in [-0.2, -0.15) is 0 Å². The zero-order chi connectivity index (χ0) is 8.85. The number of hydrogen-bond donors (Lipinski definition) is 2. The molecule has 0 amide bonds. The van der Waals surface area contributed by atoms with Crippen molar-refractivity contribution in [1.82, 2.24) is 0 Å². The third-order valence-corrected chi connectivity index (χ3v) is 1.17. The Morgan fingerprint density at radius 1 is 1.55 bits per heavy atom. The predicted molar refractivity (Wildman–Crippen MR) is 39.3 cm³/mol. The van der Waals surface area contributed by atoms with Gasteiger partial charge in [-0.15, -0.1) is 0 Å². The molecule has 0 aliphatic heterocycles. The fourth-order valence-corrected chi connectivity index (χ4v) is 0.507. The number of nitrogens with two attached hydrogens (primary N) is 1. The van der Waals surface area contributed by atoms with E-state index in [1.54, 1.807) is 0 Å². The number of carbonyl (C=O) groups excluding carboxylic acids is 1. The molecular formula is C6H12N2O3. The van der Waals surface area contributed by atoms with Crippen molar-refractivity contribution in [3.05, 3.63) is 0 Å². The first-order valence-electron chi connectivity index (χ1n) is 3.06. The fraction of sp³-hybridized carbons (Fsp3) is 0.667. The molecule has 0 fully saturated rings. The second kappa shape index (κ2) is 4.68. The van der Waals surface area contributed by atoms with E-state index in [9.17, 15) is 4.79 Å². The second-order valence-corrected chi connectivity index (χ2v) is 1.96. The van der Waals surface area contributed by atoms with E-state index < -0.39 is 12.0 Å². The minimum Gasteiger partial charge on any atom is -0.483 e.